The number of aliphatic hydroxyl groups is 1. The topological polar surface area (TPSA) is 49.3 Å². The Bertz CT molecular complexity index is 538. The molecule has 0 radical (unpaired) electrons. The largest absolute Gasteiger partial charge is 0.509 e. The molecule has 5 heteroatoms. The van der Waals surface area contributed by atoms with Crippen molar-refractivity contribution in [3.05, 3.63) is 39.1 Å². The van der Waals surface area contributed by atoms with Crippen molar-refractivity contribution in [2.24, 2.45) is 0 Å². The monoisotopic (exact) mass is 271 g/mol. The zero-order valence-electron chi connectivity index (χ0n) is 9.34. The highest BCUT2D eigenvalue weighted by atomic mass is 35.5. The number of nitrogens with one attached hydrogen (secondary N) is 1. The van der Waals surface area contributed by atoms with E-state index in [0.29, 0.717) is 15.6 Å². The maximum absolute atomic E-state index is 11.7. The van der Waals surface area contributed by atoms with Gasteiger partial charge in [-0.1, -0.05) is 23.2 Å². The van der Waals surface area contributed by atoms with Crippen LogP contribution in [-0.2, 0) is 4.79 Å². The molecule has 0 spiro atoms. The summed E-state index contributed by atoms with van der Waals surface area (Å²) in [6.07, 6.45) is 0. The standard InChI is InChI=1S/C12H11Cl2NO2/c1-5-3-9(14)7(4-8(5)13)10-11(16)6(2)15-12(10)17/h3-4,6,16H,1-2H3,(H,15,17). The van der Waals surface area contributed by atoms with E-state index in [0.717, 1.165) is 5.56 Å². The number of benzene rings is 1. The van der Waals surface area contributed by atoms with Gasteiger partial charge in [0, 0.05) is 15.6 Å². The van der Waals surface area contributed by atoms with Crippen LogP contribution >= 0.6 is 23.2 Å². The van der Waals surface area contributed by atoms with Crippen LogP contribution in [0.1, 0.15) is 18.1 Å². The van der Waals surface area contributed by atoms with E-state index in [9.17, 15) is 9.90 Å². The number of rotatable bonds is 1. The van der Waals surface area contributed by atoms with Gasteiger partial charge in [0.25, 0.3) is 5.91 Å². The van der Waals surface area contributed by atoms with Crippen molar-refractivity contribution in [3.8, 4) is 0 Å². The third-order valence-corrected chi connectivity index (χ3v) is 3.48. The van der Waals surface area contributed by atoms with Crippen LogP contribution in [0.25, 0.3) is 5.57 Å². The fourth-order valence-corrected chi connectivity index (χ4v) is 2.24. The fourth-order valence-electron chi connectivity index (χ4n) is 1.77. The summed E-state index contributed by atoms with van der Waals surface area (Å²) >= 11 is 12.1. The first-order valence-corrected chi connectivity index (χ1v) is 5.87. The molecule has 0 saturated carbocycles. The number of carbonyl (C=O) groups excluding carboxylic acids is 1. The lowest BCUT2D eigenvalue weighted by molar-refractivity contribution is -0.115. The minimum absolute atomic E-state index is 0.00294. The summed E-state index contributed by atoms with van der Waals surface area (Å²) in [6, 6.07) is 2.88. The van der Waals surface area contributed by atoms with Gasteiger partial charge in [-0.05, 0) is 31.5 Å². The second-order valence-corrected chi connectivity index (χ2v) is 4.85. The molecule has 1 aliphatic heterocycles. The molecule has 90 valence electrons. The smallest absolute Gasteiger partial charge is 0.256 e. The summed E-state index contributed by atoms with van der Waals surface area (Å²) in [4.78, 5) is 11.7. The van der Waals surface area contributed by atoms with E-state index in [1.165, 1.54) is 0 Å². The molecule has 0 aromatic heterocycles. The summed E-state index contributed by atoms with van der Waals surface area (Å²) < 4.78 is 0. The van der Waals surface area contributed by atoms with Crippen molar-refractivity contribution < 1.29 is 9.90 Å². The Morgan fingerprint density at radius 3 is 2.47 bits per heavy atom. The minimum atomic E-state index is -0.395. The molecule has 1 atom stereocenters. The van der Waals surface area contributed by atoms with E-state index in [1.807, 2.05) is 6.92 Å². The van der Waals surface area contributed by atoms with Crippen LogP contribution in [-0.4, -0.2) is 17.1 Å². The minimum Gasteiger partial charge on any atom is -0.509 e. The summed E-state index contributed by atoms with van der Waals surface area (Å²) in [5, 5.41) is 13.4. The number of carbonyl (C=O) groups is 1. The summed E-state index contributed by atoms with van der Waals surface area (Å²) in [5.41, 5.74) is 1.48. The molecule has 0 fully saturated rings. The summed E-state index contributed by atoms with van der Waals surface area (Å²) in [7, 11) is 0. The molecule has 17 heavy (non-hydrogen) atoms. The van der Waals surface area contributed by atoms with E-state index in [-0.39, 0.29) is 17.2 Å². The molecule has 1 aromatic carbocycles. The molecule has 1 unspecified atom stereocenters. The van der Waals surface area contributed by atoms with Gasteiger partial charge in [-0.25, -0.2) is 0 Å². The van der Waals surface area contributed by atoms with Crippen molar-refractivity contribution in [2.45, 2.75) is 19.9 Å². The SMILES string of the molecule is Cc1cc(Cl)c(C2=C(O)C(C)NC2=O)cc1Cl. The lowest BCUT2D eigenvalue weighted by Crippen LogP contribution is -2.25. The molecule has 1 heterocycles. The van der Waals surface area contributed by atoms with Crippen molar-refractivity contribution in [3.63, 3.8) is 0 Å². The van der Waals surface area contributed by atoms with Crippen LogP contribution < -0.4 is 5.32 Å². The lowest BCUT2D eigenvalue weighted by atomic mass is 10.0. The van der Waals surface area contributed by atoms with E-state index < -0.39 is 6.04 Å². The van der Waals surface area contributed by atoms with Gasteiger partial charge in [0.05, 0.1) is 11.6 Å². The van der Waals surface area contributed by atoms with Crippen LogP contribution in [0.4, 0.5) is 0 Å². The highest BCUT2D eigenvalue weighted by molar-refractivity contribution is 6.37. The zero-order chi connectivity index (χ0) is 12.7. The number of halogens is 2. The maximum atomic E-state index is 11.7. The molecule has 3 nitrogen and oxygen atoms in total. The normalized spacial score (nSPS) is 19.8. The quantitative estimate of drug-likeness (QED) is 0.825. The van der Waals surface area contributed by atoms with Crippen LogP contribution in [0.5, 0.6) is 0 Å². The second kappa shape index (κ2) is 4.24. The van der Waals surface area contributed by atoms with E-state index in [1.54, 1.807) is 19.1 Å². The van der Waals surface area contributed by atoms with Crippen molar-refractivity contribution in [1.29, 1.82) is 0 Å². The number of hydrogen-bond acceptors (Lipinski definition) is 2. The first-order chi connectivity index (χ1) is 7.91. The Kier molecular flexibility index (Phi) is 3.06. The number of hydrogen-bond donors (Lipinski definition) is 2. The molecule has 1 aromatic rings. The Morgan fingerprint density at radius 1 is 1.29 bits per heavy atom. The van der Waals surface area contributed by atoms with Gasteiger partial charge in [-0.3, -0.25) is 4.79 Å². The van der Waals surface area contributed by atoms with E-state index >= 15 is 0 Å². The van der Waals surface area contributed by atoms with Gasteiger partial charge in [0.1, 0.15) is 5.76 Å². The van der Waals surface area contributed by atoms with Gasteiger partial charge < -0.3 is 10.4 Å². The Labute approximate surface area is 109 Å². The van der Waals surface area contributed by atoms with Crippen LogP contribution in [0.3, 0.4) is 0 Å². The van der Waals surface area contributed by atoms with Gasteiger partial charge in [0.15, 0.2) is 0 Å². The molecule has 0 bridgehead atoms. The number of aliphatic hydroxyl groups excluding tert-OH is 1. The number of aryl methyl sites for hydroxylation is 1. The lowest BCUT2D eigenvalue weighted by Gasteiger charge is -2.07. The molecule has 0 saturated heterocycles. The Morgan fingerprint density at radius 2 is 1.94 bits per heavy atom. The first kappa shape index (κ1) is 12.3. The second-order valence-electron chi connectivity index (χ2n) is 4.04. The predicted molar refractivity (Wildman–Crippen MR) is 68.4 cm³/mol. The van der Waals surface area contributed by atoms with E-state index in [2.05, 4.69) is 5.32 Å². The highest BCUT2D eigenvalue weighted by Crippen LogP contribution is 2.33. The molecule has 2 N–H and O–H groups in total. The average Bonchev–Trinajstić information content (AvgIpc) is 2.48. The Hall–Kier alpha value is -1.19. The number of amides is 1. The molecule has 1 amide bonds. The van der Waals surface area contributed by atoms with Crippen molar-refractivity contribution >= 4 is 34.7 Å². The highest BCUT2D eigenvalue weighted by Gasteiger charge is 2.31. The third kappa shape index (κ3) is 2.01. The van der Waals surface area contributed by atoms with Crippen molar-refractivity contribution in [2.75, 3.05) is 0 Å². The molecular formula is C12H11Cl2NO2. The predicted octanol–water partition coefficient (Wildman–Crippen LogP) is 3.09. The van der Waals surface area contributed by atoms with Gasteiger partial charge in [0.2, 0.25) is 0 Å². The van der Waals surface area contributed by atoms with Gasteiger partial charge >= 0.3 is 0 Å². The average molecular weight is 272 g/mol. The van der Waals surface area contributed by atoms with Crippen LogP contribution in [0.2, 0.25) is 10.0 Å². The van der Waals surface area contributed by atoms with Crippen LogP contribution in [0, 0.1) is 6.92 Å². The summed E-state index contributed by atoms with van der Waals surface area (Å²) in [5.74, 6) is -0.339. The molecule has 1 aliphatic rings. The first-order valence-electron chi connectivity index (χ1n) is 5.12. The maximum Gasteiger partial charge on any atom is 0.256 e. The van der Waals surface area contributed by atoms with Crippen molar-refractivity contribution in [1.82, 2.24) is 5.32 Å². The summed E-state index contributed by atoms with van der Waals surface area (Å²) in [6.45, 7) is 3.52. The zero-order valence-corrected chi connectivity index (χ0v) is 10.9. The molecule has 2 rings (SSSR count). The van der Waals surface area contributed by atoms with E-state index in [4.69, 9.17) is 23.2 Å². The van der Waals surface area contributed by atoms with Crippen LogP contribution in [0.15, 0.2) is 17.9 Å². The van der Waals surface area contributed by atoms with Gasteiger partial charge in [-0.2, -0.15) is 0 Å². The fraction of sp³-hybridized carbons (Fsp3) is 0.250. The molecular weight excluding hydrogens is 261 g/mol. The third-order valence-electron chi connectivity index (χ3n) is 2.76. The molecule has 0 aliphatic carbocycles. The Balaban J connectivity index is 2.62. The van der Waals surface area contributed by atoms with Gasteiger partial charge in [-0.15, -0.1) is 0 Å².